The van der Waals surface area contributed by atoms with Crippen molar-refractivity contribution in [2.24, 2.45) is 4.99 Å². The summed E-state index contributed by atoms with van der Waals surface area (Å²) in [5, 5.41) is 9.55. The van der Waals surface area contributed by atoms with Crippen molar-refractivity contribution in [3.8, 4) is 5.75 Å². The van der Waals surface area contributed by atoms with Gasteiger partial charge in [-0.15, -0.1) is 0 Å². The van der Waals surface area contributed by atoms with Crippen molar-refractivity contribution in [3.63, 3.8) is 0 Å². The summed E-state index contributed by atoms with van der Waals surface area (Å²) >= 11 is 6.11. The van der Waals surface area contributed by atoms with Gasteiger partial charge in [0.1, 0.15) is 12.4 Å². The molecule has 0 saturated carbocycles. The standard InChI is InChI=1S/C22H18ClNO3/c1-15-2-9-20(10-3-15)24-13-18-12-19(23)8-11-21(18)27-14-16-4-6-17(7-5-16)22(25)26/h2-13H,14H2,1H3,(H,25,26). The molecule has 0 aliphatic carbocycles. The lowest BCUT2D eigenvalue weighted by Crippen LogP contribution is -2.00. The zero-order chi connectivity index (χ0) is 19.2. The second-order valence-corrected chi connectivity index (χ2v) is 6.50. The third-order valence-electron chi connectivity index (χ3n) is 3.95. The molecule has 136 valence electrons. The number of ether oxygens (including phenoxy) is 1. The Kier molecular flexibility index (Phi) is 5.89. The van der Waals surface area contributed by atoms with Crippen LogP contribution in [0, 0.1) is 6.92 Å². The zero-order valence-electron chi connectivity index (χ0n) is 14.7. The lowest BCUT2D eigenvalue weighted by molar-refractivity contribution is 0.0697. The van der Waals surface area contributed by atoms with Gasteiger partial charge in [0.15, 0.2) is 0 Å². The average molecular weight is 380 g/mol. The molecule has 5 heteroatoms. The number of aryl methyl sites for hydroxylation is 1. The molecule has 0 aliphatic heterocycles. The van der Waals surface area contributed by atoms with E-state index in [1.54, 1.807) is 48.7 Å². The molecule has 0 bridgehead atoms. The minimum Gasteiger partial charge on any atom is -0.488 e. The Bertz CT molecular complexity index is 964. The van der Waals surface area contributed by atoms with Crippen molar-refractivity contribution >= 4 is 29.5 Å². The quantitative estimate of drug-likeness (QED) is 0.561. The number of hydrogen-bond donors (Lipinski definition) is 1. The van der Waals surface area contributed by atoms with Crippen molar-refractivity contribution in [2.75, 3.05) is 0 Å². The number of halogens is 1. The van der Waals surface area contributed by atoms with E-state index < -0.39 is 5.97 Å². The predicted molar refractivity (Wildman–Crippen MR) is 108 cm³/mol. The molecule has 0 saturated heterocycles. The Morgan fingerprint density at radius 2 is 1.78 bits per heavy atom. The largest absolute Gasteiger partial charge is 0.488 e. The highest BCUT2D eigenvalue weighted by Crippen LogP contribution is 2.24. The van der Waals surface area contributed by atoms with Crippen LogP contribution in [0.2, 0.25) is 5.02 Å². The highest BCUT2D eigenvalue weighted by atomic mass is 35.5. The Hall–Kier alpha value is -3.11. The molecule has 3 aromatic rings. The predicted octanol–water partition coefficient (Wildman–Crippen LogP) is 5.68. The summed E-state index contributed by atoms with van der Waals surface area (Å²) in [6.07, 6.45) is 1.72. The van der Waals surface area contributed by atoms with Crippen molar-refractivity contribution in [3.05, 3.63) is 94.0 Å². The number of carboxylic acids is 1. The van der Waals surface area contributed by atoms with Gasteiger partial charge in [-0.3, -0.25) is 4.99 Å². The molecule has 0 heterocycles. The van der Waals surface area contributed by atoms with Crippen LogP contribution in [0.3, 0.4) is 0 Å². The molecular formula is C22H18ClNO3. The maximum absolute atomic E-state index is 10.9. The number of rotatable bonds is 6. The lowest BCUT2D eigenvalue weighted by atomic mass is 10.1. The SMILES string of the molecule is Cc1ccc(N=Cc2cc(Cl)ccc2OCc2ccc(C(=O)O)cc2)cc1. The van der Waals surface area contributed by atoms with Gasteiger partial charge in [-0.1, -0.05) is 41.4 Å². The molecule has 0 radical (unpaired) electrons. The molecule has 0 unspecified atom stereocenters. The van der Waals surface area contributed by atoms with E-state index in [0.29, 0.717) is 17.4 Å². The highest BCUT2D eigenvalue weighted by molar-refractivity contribution is 6.30. The Morgan fingerprint density at radius 1 is 1.07 bits per heavy atom. The summed E-state index contributed by atoms with van der Waals surface area (Å²) in [6.45, 7) is 2.34. The van der Waals surface area contributed by atoms with Gasteiger partial charge < -0.3 is 9.84 Å². The van der Waals surface area contributed by atoms with Crippen molar-refractivity contribution < 1.29 is 14.6 Å². The molecule has 0 fully saturated rings. The number of nitrogens with zero attached hydrogens (tertiary/aromatic N) is 1. The number of aromatic carboxylic acids is 1. The number of carboxylic acid groups (broad SMARTS) is 1. The van der Waals surface area contributed by atoms with Crippen LogP contribution in [0.25, 0.3) is 0 Å². The van der Waals surface area contributed by atoms with Crippen LogP contribution in [0.1, 0.15) is 27.0 Å². The minimum absolute atomic E-state index is 0.246. The van der Waals surface area contributed by atoms with Crippen LogP contribution in [0.4, 0.5) is 5.69 Å². The maximum atomic E-state index is 10.9. The summed E-state index contributed by atoms with van der Waals surface area (Å²) in [7, 11) is 0. The molecule has 0 spiro atoms. The fourth-order valence-corrected chi connectivity index (χ4v) is 2.61. The number of carbonyl (C=O) groups is 1. The van der Waals surface area contributed by atoms with E-state index in [0.717, 1.165) is 16.8 Å². The van der Waals surface area contributed by atoms with Crippen LogP contribution >= 0.6 is 11.6 Å². The minimum atomic E-state index is -0.949. The monoisotopic (exact) mass is 379 g/mol. The zero-order valence-corrected chi connectivity index (χ0v) is 15.5. The lowest BCUT2D eigenvalue weighted by Gasteiger charge is -2.10. The summed E-state index contributed by atoms with van der Waals surface area (Å²) in [4.78, 5) is 15.4. The van der Waals surface area contributed by atoms with Crippen LogP contribution in [0.15, 0.2) is 71.7 Å². The Morgan fingerprint density at radius 3 is 2.44 bits per heavy atom. The molecular weight excluding hydrogens is 362 g/mol. The molecule has 3 aromatic carbocycles. The summed E-state index contributed by atoms with van der Waals surface area (Å²) in [6, 6.07) is 19.8. The summed E-state index contributed by atoms with van der Waals surface area (Å²) in [5.74, 6) is -0.299. The van der Waals surface area contributed by atoms with Crippen LogP contribution < -0.4 is 4.74 Å². The molecule has 3 rings (SSSR count). The van der Waals surface area contributed by atoms with E-state index in [-0.39, 0.29) is 5.56 Å². The van der Waals surface area contributed by atoms with Crippen LogP contribution in [-0.2, 0) is 6.61 Å². The van der Waals surface area contributed by atoms with Crippen molar-refractivity contribution in [1.29, 1.82) is 0 Å². The van der Waals surface area contributed by atoms with E-state index in [9.17, 15) is 4.79 Å². The summed E-state index contributed by atoms with van der Waals surface area (Å²) < 4.78 is 5.89. The Balaban J connectivity index is 1.75. The van der Waals surface area contributed by atoms with Gasteiger partial charge >= 0.3 is 5.97 Å². The molecule has 0 aliphatic rings. The van der Waals surface area contributed by atoms with E-state index in [1.165, 1.54) is 5.56 Å². The molecule has 0 aromatic heterocycles. The highest BCUT2D eigenvalue weighted by Gasteiger charge is 2.06. The van der Waals surface area contributed by atoms with Gasteiger partial charge in [-0.2, -0.15) is 0 Å². The van der Waals surface area contributed by atoms with Gasteiger partial charge in [0, 0.05) is 16.8 Å². The fraction of sp³-hybridized carbons (Fsp3) is 0.0909. The first-order valence-corrected chi connectivity index (χ1v) is 8.74. The second-order valence-electron chi connectivity index (χ2n) is 6.07. The van der Waals surface area contributed by atoms with E-state index in [2.05, 4.69) is 4.99 Å². The third-order valence-corrected chi connectivity index (χ3v) is 4.19. The molecule has 4 nitrogen and oxygen atoms in total. The van der Waals surface area contributed by atoms with Crippen molar-refractivity contribution in [1.82, 2.24) is 0 Å². The molecule has 0 amide bonds. The first kappa shape index (κ1) is 18.7. The van der Waals surface area contributed by atoms with Crippen LogP contribution in [0.5, 0.6) is 5.75 Å². The van der Waals surface area contributed by atoms with Crippen LogP contribution in [-0.4, -0.2) is 17.3 Å². The smallest absolute Gasteiger partial charge is 0.335 e. The average Bonchev–Trinajstić information content (AvgIpc) is 2.67. The van der Waals surface area contributed by atoms with Gasteiger partial charge in [0.05, 0.1) is 11.3 Å². The second kappa shape index (κ2) is 8.52. The first-order valence-electron chi connectivity index (χ1n) is 8.36. The number of benzene rings is 3. The van der Waals surface area contributed by atoms with Gasteiger partial charge in [-0.05, 0) is 55.0 Å². The van der Waals surface area contributed by atoms with E-state index >= 15 is 0 Å². The molecule has 1 N–H and O–H groups in total. The summed E-state index contributed by atoms with van der Waals surface area (Å²) in [5.41, 5.74) is 3.91. The Labute approximate surface area is 162 Å². The van der Waals surface area contributed by atoms with Crippen molar-refractivity contribution in [2.45, 2.75) is 13.5 Å². The topological polar surface area (TPSA) is 58.9 Å². The van der Waals surface area contributed by atoms with E-state index in [1.807, 2.05) is 31.2 Å². The molecule has 27 heavy (non-hydrogen) atoms. The number of aliphatic imine (C=N–C) groups is 1. The normalized spacial score (nSPS) is 10.9. The van der Waals surface area contributed by atoms with Gasteiger partial charge in [-0.25, -0.2) is 4.79 Å². The fourth-order valence-electron chi connectivity index (χ4n) is 2.43. The first-order chi connectivity index (χ1) is 13.0. The number of hydrogen-bond acceptors (Lipinski definition) is 3. The van der Waals surface area contributed by atoms with Gasteiger partial charge in [0.2, 0.25) is 0 Å². The maximum Gasteiger partial charge on any atom is 0.335 e. The molecule has 0 atom stereocenters. The van der Waals surface area contributed by atoms with Gasteiger partial charge in [0.25, 0.3) is 0 Å². The van der Waals surface area contributed by atoms with E-state index in [4.69, 9.17) is 21.4 Å². The third kappa shape index (κ3) is 5.19.